The summed E-state index contributed by atoms with van der Waals surface area (Å²) in [7, 11) is 1.41. The summed E-state index contributed by atoms with van der Waals surface area (Å²) in [5.41, 5.74) is 2.25. The molecular formula is C26H28N2O6. The van der Waals surface area contributed by atoms with Gasteiger partial charge in [-0.05, 0) is 42.7 Å². The average molecular weight is 465 g/mol. The van der Waals surface area contributed by atoms with Gasteiger partial charge in [0.1, 0.15) is 29.4 Å². The molecule has 0 aliphatic rings. The predicted octanol–water partition coefficient (Wildman–Crippen LogP) is 5.06. The number of hydrogen-bond acceptors (Lipinski definition) is 7. The number of phenols is 1. The number of nitrogens with zero attached hydrogens (tertiary/aromatic N) is 2. The lowest BCUT2D eigenvalue weighted by molar-refractivity contribution is 0.0693. The van der Waals surface area contributed by atoms with Gasteiger partial charge in [-0.25, -0.2) is 4.79 Å². The molecule has 34 heavy (non-hydrogen) atoms. The normalized spacial score (nSPS) is 11.2. The van der Waals surface area contributed by atoms with Gasteiger partial charge in [0.05, 0.1) is 36.5 Å². The zero-order valence-electron chi connectivity index (χ0n) is 19.9. The Balaban J connectivity index is 1.72. The minimum atomic E-state index is -1.10. The molecule has 1 aromatic heterocycles. The van der Waals surface area contributed by atoms with Crippen LogP contribution in [0.5, 0.6) is 17.2 Å². The molecule has 3 aromatic rings. The first kappa shape index (κ1) is 24.7. The number of aromatic nitrogens is 2. The van der Waals surface area contributed by atoms with Crippen LogP contribution in [0.2, 0.25) is 0 Å². The maximum atomic E-state index is 12.5. The predicted molar refractivity (Wildman–Crippen MR) is 127 cm³/mol. The highest BCUT2D eigenvalue weighted by atomic mass is 16.5. The van der Waals surface area contributed by atoms with Crippen LogP contribution in [0.4, 0.5) is 0 Å². The van der Waals surface area contributed by atoms with Crippen molar-refractivity contribution >= 4 is 11.8 Å². The van der Waals surface area contributed by atoms with Crippen LogP contribution < -0.4 is 9.47 Å². The summed E-state index contributed by atoms with van der Waals surface area (Å²) in [5.74, 6) is -0.593. The first-order chi connectivity index (χ1) is 16.0. The van der Waals surface area contributed by atoms with Gasteiger partial charge in [-0.3, -0.25) is 14.8 Å². The van der Waals surface area contributed by atoms with Gasteiger partial charge < -0.3 is 19.7 Å². The molecule has 2 aromatic carbocycles. The number of carbonyl (C=O) groups excluding carboxylic acids is 1. The summed E-state index contributed by atoms with van der Waals surface area (Å²) < 4.78 is 10.9. The Morgan fingerprint density at radius 1 is 1.00 bits per heavy atom. The fourth-order valence-electron chi connectivity index (χ4n) is 3.40. The third-order valence-corrected chi connectivity index (χ3v) is 5.18. The second-order valence-corrected chi connectivity index (χ2v) is 9.15. The number of carboxylic acids is 1. The third-order valence-electron chi connectivity index (χ3n) is 5.18. The molecule has 0 aliphatic heterocycles. The fraction of sp³-hybridized carbons (Fsp3) is 0.308. The van der Waals surface area contributed by atoms with Gasteiger partial charge in [0.2, 0.25) is 0 Å². The number of phenolic OH excluding ortho intramolecular Hbond substituents is 1. The van der Waals surface area contributed by atoms with E-state index >= 15 is 0 Å². The summed E-state index contributed by atoms with van der Waals surface area (Å²) in [5, 5.41) is 19.9. The molecule has 0 aliphatic carbocycles. The molecule has 0 saturated carbocycles. The molecular weight excluding hydrogens is 436 g/mol. The molecule has 178 valence electrons. The van der Waals surface area contributed by atoms with Crippen molar-refractivity contribution in [3.63, 3.8) is 0 Å². The average Bonchev–Trinajstić information content (AvgIpc) is 2.78. The summed E-state index contributed by atoms with van der Waals surface area (Å²) >= 11 is 0. The van der Waals surface area contributed by atoms with Crippen molar-refractivity contribution in [3.8, 4) is 28.5 Å². The topological polar surface area (TPSA) is 119 Å². The Morgan fingerprint density at radius 3 is 2.29 bits per heavy atom. The maximum Gasteiger partial charge on any atom is 0.339 e. The van der Waals surface area contributed by atoms with E-state index in [1.54, 1.807) is 31.2 Å². The smallest absolute Gasteiger partial charge is 0.339 e. The highest BCUT2D eigenvalue weighted by Gasteiger charge is 2.22. The summed E-state index contributed by atoms with van der Waals surface area (Å²) in [6.07, 6.45) is 3.39. The Kier molecular flexibility index (Phi) is 7.20. The van der Waals surface area contributed by atoms with Crippen LogP contribution in [0.3, 0.4) is 0 Å². The maximum absolute atomic E-state index is 12.5. The van der Waals surface area contributed by atoms with Gasteiger partial charge in [-0.1, -0.05) is 20.8 Å². The second kappa shape index (κ2) is 9.91. The molecule has 8 nitrogen and oxygen atoms in total. The lowest BCUT2D eigenvalue weighted by Crippen LogP contribution is -2.13. The molecule has 3 rings (SSSR count). The van der Waals surface area contributed by atoms with Crippen LogP contribution in [0.1, 0.15) is 59.2 Å². The number of carboxylic acid groups (broad SMARTS) is 1. The van der Waals surface area contributed by atoms with Crippen molar-refractivity contribution in [2.24, 2.45) is 5.41 Å². The minimum Gasteiger partial charge on any atom is -0.507 e. The van der Waals surface area contributed by atoms with E-state index in [1.165, 1.54) is 25.6 Å². The van der Waals surface area contributed by atoms with Gasteiger partial charge in [-0.2, -0.15) is 0 Å². The van der Waals surface area contributed by atoms with Crippen LogP contribution in [0.25, 0.3) is 11.3 Å². The lowest BCUT2D eigenvalue weighted by atomic mass is 9.87. The van der Waals surface area contributed by atoms with E-state index < -0.39 is 5.97 Å². The number of benzene rings is 2. The van der Waals surface area contributed by atoms with Gasteiger partial charge >= 0.3 is 5.97 Å². The minimum absolute atomic E-state index is 0.0360. The van der Waals surface area contributed by atoms with Crippen LogP contribution in [-0.4, -0.2) is 39.0 Å². The summed E-state index contributed by atoms with van der Waals surface area (Å²) in [6, 6.07) is 8.00. The Labute approximate surface area is 198 Å². The van der Waals surface area contributed by atoms with Crippen LogP contribution in [-0.2, 0) is 6.61 Å². The number of Topliss-reactive ketones (excluding diaryl/α,β-unsaturated/α-hetero) is 1. The molecule has 2 N–H and O–H groups in total. The highest BCUT2D eigenvalue weighted by Crippen LogP contribution is 2.33. The summed E-state index contributed by atoms with van der Waals surface area (Å²) in [4.78, 5) is 32.6. The van der Waals surface area contributed by atoms with E-state index in [9.17, 15) is 19.8 Å². The van der Waals surface area contributed by atoms with E-state index in [1.807, 2.05) is 20.8 Å². The SMILES string of the molecule is COc1ccc(-c2cnc(COc3ccc(C(=O)CC(C)(C)C)c(O)c3C)cn2)cc1C(=O)O. The van der Waals surface area contributed by atoms with E-state index in [4.69, 9.17) is 9.47 Å². The molecule has 0 fully saturated rings. The highest BCUT2D eigenvalue weighted by molar-refractivity contribution is 5.99. The first-order valence-corrected chi connectivity index (χ1v) is 10.7. The molecule has 0 bridgehead atoms. The van der Waals surface area contributed by atoms with Crippen molar-refractivity contribution in [1.29, 1.82) is 0 Å². The van der Waals surface area contributed by atoms with Gasteiger partial charge in [0, 0.05) is 17.5 Å². The van der Waals surface area contributed by atoms with Crippen molar-refractivity contribution in [2.75, 3.05) is 7.11 Å². The van der Waals surface area contributed by atoms with Crippen LogP contribution in [0, 0.1) is 12.3 Å². The number of hydrogen-bond donors (Lipinski definition) is 2. The quantitative estimate of drug-likeness (QED) is 0.444. The monoisotopic (exact) mass is 464 g/mol. The number of aromatic hydroxyl groups is 1. The number of ether oxygens (including phenoxy) is 2. The third kappa shape index (κ3) is 5.70. The Bertz CT molecular complexity index is 1210. The lowest BCUT2D eigenvalue weighted by Gasteiger charge is -2.18. The van der Waals surface area contributed by atoms with E-state index in [2.05, 4.69) is 9.97 Å². The van der Waals surface area contributed by atoms with Crippen molar-refractivity contribution < 1.29 is 29.3 Å². The molecule has 0 radical (unpaired) electrons. The van der Waals surface area contributed by atoms with E-state index in [-0.39, 0.29) is 40.4 Å². The number of carbonyl (C=O) groups is 2. The molecule has 0 unspecified atom stereocenters. The molecule has 1 heterocycles. The van der Waals surface area contributed by atoms with Crippen LogP contribution in [0.15, 0.2) is 42.7 Å². The number of aromatic carboxylic acids is 1. The second-order valence-electron chi connectivity index (χ2n) is 9.15. The molecule has 0 spiro atoms. The Morgan fingerprint density at radius 2 is 1.71 bits per heavy atom. The zero-order chi connectivity index (χ0) is 25.0. The van der Waals surface area contributed by atoms with Crippen molar-refractivity contribution in [2.45, 2.75) is 40.7 Å². The zero-order valence-corrected chi connectivity index (χ0v) is 19.9. The molecule has 0 amide bonds. The van der Waals surface area contributed by atoms with Crippen molar-refractivity contribution in [1.82, 2.24) is 9.97 Å². The van der Waals surface area contributed by atoms with Crippen LogP contribution >= 0.6 is 0 Å². The summed E-state index contributed by atoms with van der Waals surface area (Å²) in [6.45, 7) is 7.71. The van der Waals surface area contributed by atoms with Gasteiger partial charge in [0.25, 0.3) is 0 Å². The standard InChI is InChI=1S/C26H28N2O6/c1-15-22(9-7-18(24(15)30)21(29)11-26(2,3)4)34-14-17-12-28-20(13-27-17)16-6-8-23(33-5)19(10-16)25(31)32/h6-10,12-13,30H,11,14H2,1-5H3,(H,31,32). The number of methoxy groups -OCH3 is 1. The molecule has 0 saturated heterocycles. The molecule has 8 heteroatoms. The fourth-order valence-corrected chi connectivity index (χ4v) is 3.40. The van der Waals surface area contributed by atoms with Gasteiger partial charge in [-0.15, -0.1) is 0 Å². The number of ketones is 1. The van der Waals surface area contributed by atoms with Crippen molar-refractivity contribution in [3.05, 3.63) is 65.1 Å². The molecule has 0 atom stereocenters. The largest absolute Gasteiger partial charge is 0.507 e. The Hall–Kier alpha value is -3.94. The first-order valence-electron chi connectivity index (χ1n) is 10.7. The van der Waals surface area contributed by atoms with Gasteiger partial charge in [0.15, 0.2) is 5.78 Å². The van der Waals surface area contributed by atoms with E-state index in [0.29, 0.717) is 34.7 Å². The number of rotatable bonds is 8. The van der Waals surface area contributed by atoms with E-state index in [0.717, 1.165) is 0 Å².